The number of hydrogen-bond acceptors (Lipinski definition) is 2. The normalized spacial score (nSPS) is 24.6. The van der Waals surface area contributed by atoms with Gasteiger partial charge in [-0.25, -0.2) is 0 Å². The number of nitrogens with one attached hydrogen (secondary N) is 1. The molecule has 1 aliphatic rings. The van der Waals surface area contributed by atoms with Crippen LogP contribution in [0.25, 0.3) is 0 Å². The maximum Gasteiger partial charge on any atom is 0.0701 e. The summed E-state index contributed by atoms with van der Waals surface area (Å²) in [7, 11) is 0. The molecule has 0 aromatic heterocycles. The Morgan fingerprint density at radius 2 is 1.88 bits per heavy atom. The van der Waals surface area contributed by atoms with Crippen molar-refractivity contribution in [3.63, 3.8) is 0 Å². The molecule has 0 heterocycles. The van der Waals surface area contributed by atoms with E-state index in [1.54, 1.807) is 0 Å². The van der Waals surface area contributed by atoms with Gasteiger partial charge in [0.25, 0.3) is 0 Å². The Kier molecular flexibility index (Phi) is 4.43. The van der Waals surface area contributed by atoms with Gasteiger partial charge in [-0.05, 0) is 30.7 Å². The number of rotatable bonds is 4. The van der Waals surface area contributed by atoms with Gasteiger partial charge in [-0.3, -0.25) is 0 Å². The van der Waals surface area contributed by atoms with Crippen LogP contribution in [0, 0.1) is 11.8 Å². The minimum atomic E-state index is 0.116. The first-order valence-corrected chi connectivity index (χ1v) is 6.72. The van der Waals surface area contributed by atoms with E-state index < -0.39 is 0 Å². The lowest BCUT2D eigenvalue weighted by molar-refractivity contribution is 0.282. The van der Waals surface area contributed by atoms with Crippen molar-refractivity contribution in [3.8, 4) is 0 Å². The Hall–Kier alpha value is -1.02. The van der Waals surface area contributed by atoms with Crippen LogP contribution in [0.2, 0.25) is 0 Å². The molecule has 1 aromatic rings. The number of benzene rings is 1. The fourth-order valence-electron chi connectivity index (χ4n) is 2.62. The van der Waals surface area contributed by atoms with Crippen LogP contribution in [0.4, 0.5) is 5.69 Å². The molecule has 0 atom stereocenters. The van der Waals surface area contributed by atoms with Crippen LogP contribution in [0.3, 0.4) is 0 Å². The molecule has 0 amide bonds. The Bertz CT molecular complexity index is 343. The fraction of sp³-hybridized carbons (Fsp3) is 0.600. The number of para-hydroxylation sites is 1. The van der Waals surface area contributed by atoms with Gasteiger partial charge in [-0.2, -0.15) is 0 Å². The first kappa shape index (κ1) is 12.4. The van der Waals surface area contributed by atoms with Crippen molar-refractivity contribution >= 4 is 5.69 Å². The summed E-state index contributed by atoms with van der Waals surface area (Å²) >= 11 is 0. The molecule has 2 heteroatoms. The van der Waals surface area contributed by atoms with Crippen molar-refractivity contribution in [1.82, 2.24) is 0 Å². The maximum atomic E-state index is 9.25. The van der Waals surface area contributed by atoms with Gasteiger partial charge in [0.05, 0.1) is 6.61 Å². The standard InChI is InChI=1S/C15H23NO/c1-12-6-8-13(9-7-12)10-16-15-5-3-2-4-14(15)11-17/h2-5,12-13,16-17H,6-11H2,1H3. The van der Waals surface area contributed by atoms with E-state index >= 15 is 0 Å². The number of hydrogen-bond donors (Lipinski definition) is 2. The van der Waals surface area contributed by atoms with Crippen LogP contribution in [0.15, 0.2) is 24.3 Å². The quantitative estimate of drug-likeness (QED) is 0.835. The van der Waals surface area contributed by atoms with Gasteiger partial charge < -0.3 is 10.4 Å². The molecule has 0 bridgehead atoms. The predicted octanol–water partition coefficient (Wildman–Crippen LogP) is 3.42. The highest BCUT2D eigenvalue weighted by molar-refractivity contribution is 5.50. The summed E-state index contributed by atoms with van der Waals surface area (Å²) in [5.41, 5.74) is 2.09. The van der Waals surface area contributed by atoms with Crippen LogP contribution < -0.4 is 5.32 Å². The average molecular weight is 233 g/mol. The van der Waals surface area contributed by atoms with Crippen molar-refractivity contribution in [2.45, 2.75) is 39.2 Å². The van der Waals surface area contributed by atoms with Gasteiger partial charge in [-0.1, -0.05) is 38.0 Å². The van der Waals surface area contributed by atoms with Gasteiger partial charge >= 0.3 is 0 Å². The maximum absolute atomic E-state index is 9.25. The summed E-state index contributed by atoms with van der Waals surface area (Å²) in [5, 5.41) is 12.7. The highest BCUT2D eigenvalue weighted by Gasteiger charge is 2.17. The fourth-order valence-corrected chi connectivity index (χ4v) is 2.62. The van der Waals surface area contributed by atoms with Crippen molar-refractivity contribution in [2.24, 2.45) is 11.8 Å². The van der Waals surface area contributed by atoms with Crippen molar-refractivity contribution in [1.29, 1.82) is 0 Å². The van der Waals surface area contributed by atoms with Crippen LogP contribution in [-0.4, -0.2) is 11.7 Å². The third-order valence-corrected chi connectivity index (χ3v) is 3.90. The Morgan fingerprint density at radius 1 is 1.18 bits per heavy atom. The summed E-state index contributed by atoms with van der Waals surface area (Å²) < 4.78 is 0. The van der Waals surface area contributed by atoms with Gasteiger partial charge in [0.2, 0.25) is 0 Å². The zero-order chi connectivity index (χ0) is 12.1. The highest BCUT2D eigenvalue weighted by Crippen LogP contribution is 2.28. The van der Waals surface area contributed by atoms with E-state index in [4.69, 9.17) is 0 Å². The molecule has 1 aliphatic carbocycles. The third-order valence-electron chi connectivity index (χ3n) is 3.90. The molecule has 0 unspecified atom stereocenters. The minimum Gasteiger partial charge on any atom is -0.392 e. The number of aliphatic hydroxyl groups is 1. The smallest absolute Gasteiger partial charge is 0.0701 e. The van der Waals surface area contributed by atoms with Crippen molar-refractivity contribution in [2.75, 3.05) is 11.9 Å². The number of aliphatic hydroxyl groups excluding tert-OH is 1. The molecular weight excluding hydrogens is 210 g/mol. The SMILES string of the molecule is CC1CCC(CNc2ccccc2CO)CC1. The summed E-state index contributed by atoms with van der Waals surface area (Å²) in [6, 6.07) is 8.02. The Labute approximate surface area is 104 Å². The van der Waals surface area contributed by atoms with Gasteiger partial charge in [0.15, 0.2) is 0 Å². The summed E-state index contributed by atoms with van der Waals surface area (Å²) in [4.78, 5) is 0. The van der Waals surface area contributed by atoms with E-state index in [0.29, 0.717) is 0 Å². The predicted molar refractivity (Wildman–Crippen MR) is 72.0 cm³/mol. The van der Waals surface area contributed by atoms with Gasteiger partial charge in [0.1, 0.15) is 0 Å². The molecule has 0 spiro atoms. The van der Waals surface area contributed by atoms with E-state index in [2.05, 4.69) is 18.3 Å². The lowest BCUT2D eigenvalue weighted by atomic mass is 9.83. The molecule has 2 rings (SSSR count). The van der Waals surface area contributed by atoms with Crippen molar-refractivity contribution < 1.29 is 5.11 Å². The molecule has 1 aromatic carbocycles. The largest absolute Gasteiger partial charge is 0.392 e. The van der Waals surface area contributed by atoms with Crippen LogP contribution in [-0.2, 0) is 6.61 Å². The van der Waals surface area contributed by atoms with E-state index in [0.717, 1.165) is 29.6 Å². The van der Waals surface area contributed by atoms with E-state index in [1.165, 1.54) is 25.7 Å². The Balaban J connectivity index is 1.85. The first-order chi connectivity index (χ1) is 8.29. The van der Waals surface area contributed by atoms with Gasteiger partial charge in [-0.15, -0.1) is 0 Å². The molecular formula is C15H23NO. The molecule has 17 heavy (non-hydrogen) atoms. The van der Waals surface area contributed by atoms with E-state index in [1.807, 2.05) is 18.2 Å². The molecule has 0 radical (unpaired) electrons. The first-order valence-electron chi connectivity index (χ1n) is 6.72. The van der Waals surface area contributed by atoms with E-state index in [9.17, 15) is 5.11 Å². The summed E-state index contributed by atoms with van der Waals surface area (Å²) in [6.07, 6.45) is 5.42. The molecule has 2 N–H and O–H groups in total. The minimum absolute atomic E-state index is 0.116. The van der Waals surface area contributed by atoms with E-state index in [-0.39, 0.29) is 6.61 Å². The van der Waals surface area contributed by atoms with Crippen LogP contribution in [0.1, 0.15) is 38.2 Å². The zero-order valence-electron chi connectivity index (χ0n) is 10.7. The second-order valence-electron chi connectivity index (χ2n) is 5.32. The third kappa shape index (κ3) is 3.47. The molecule has 1 saturated carbocycles. The lowest BCUT2D eigenvalue weighted by Crippen LogP contribution is -2.20. The lowest BCUT2D eigenvalue weighted by Gasteiger charge is -2.26. The molecule has 94 valence electrons. The van der Waals surface area contributed by atoms with Gasteiger partial charge in [0, 0.05) is 17.8 Å². The molecule has 0 aliphatic heterocycles. The topological polar surface area (TPSA) is 32.3 Å². The van der Waals surface area contributed by atoms with Crippen molar-refractivity contribution in [3.05, 3.63) is 29.8 Å². The molecule has 2 nitrogen and oxygen atoms in total. The number of anilines is 1. The Morgan fingerprint density at radius 3 is 2.59 bits per heavy atom. The second kappa shape index (κ2) is 6.06. The monoisotopic (exact) mass is 233 g/mol. The van der Waals surface area contributed by atoms with Crippen LogP contribution in [0.5, 0.6) is 0 Å². The highest BCUT2D eigenvalue weighted by atomic mass is 16.3. The summed E-state index contributed by atoms with van der Waals surface area (Å²) in [5.74, 6) is 1.72. The summed E-state index contributed by atoms with van der Waals surface area (Å²) in [6.45, 7) is 3.51. The second-order valence-corrected chi connectivity index (χ2v) is 5.32. The molecule has 0 saturated heterocycles. The van der Waals surface area contributed by atoms with Crippen LogP contribution >= 0.6 is 0 Å². The average Bonchev–Trinajstić information content (AvgIpc) is 2.38. The zero-order valence-corrected chi connectivity index (χ0v) is 10.7. The molecule has 1 fully saturated rings.